The molecule has 0 bridgehead atoms. The van der Waals surface area contributed by atoms with Gasteiger partial charge in [0.25, 0.3) is 5.92 Å². The summed E-state index contributed by atoms with van der Waals surface area (Å²) < 4.78 is 93.8. The van der Waals surface area contributed by atoms with Gasteiger partial charge >= 0.3 is 12.3 Å². The van der Waals surface area contributed by atoms with Crippen LogP contribution in [0.3, 0.4) is 0 Å². The maximum absolute atomic E-state index is 13.1. The molecule has 0 amide bonds. The molecule has 2 aromatic carbocycles. The predicted octanol–water partition coefficient (Wildman–Crippen LogP) is 4.47. The lowest BCUT2D eigenvalue weighted by Gasteiger charge is -2.38. The van der Waals surface area contributed by atoms with E-state index in [9.17, 15) is 40.3 Å². The van der Waals surface area contributed by atoms with E-state index in [1.165, 1.54) is 19.1 Å². The van der Waals surface area contributed by atoms with Crippen LogP contribution in [0.1, 0.15) is 24.5 Å². The van der Waals surface area contributed by atoms with Gasteiger partial charge in [-0.2, -0.15) is 4.31 Å². The van der Waals surface area contributed by atoms with Crippen molar-refractivity contribution in [2.45, 2.75) is 43.1 Å². The molecule has 3 heterocycles. The van der Waals surface area contributed by atoms with E-state index in [0.29, 0.717) is 23.5 Å². The number of hydrogen-bond donors (Lipinski definition) is 3. The van der Waals surface area contributed by atoms with E-state index in [0.717, 1.165) is 34.1 Å². The van der Waals surface area contributed by atoms with Crippen molar-refractivity contribution in [3.8, 4) is 5.75 Å². The number of pyridine rings is 1. The molecule has 17 heteroatoms. The number of piperazine rings is 1. The van der Waals surface area contributed by atoms with Crippen LogP contribution in [0.15, 0.2) is 71.9 Å². The number of halogens is 5. The second kappa shape index (κ2) is 13.3. The number of carbonyl (C=O) groups is 1. The number of carboxylic acids is 1. The van der Waals surface area contributed by atoms with E-state index < -0.39 is 40.1 Å². The molecule has 0 spiro atoms. The summed E-state index contributed by atoms with van der Waals surface area (Å²) in [6, 6.07) is 9.98. The highest BCUT2D eigenvalue weighted by atomic mass is 32.2. The van der Waals surface area contributed by atoms with Crippen molar-refractivity contribution in [1.82, 2.24) is 19.3 Å². The fraction of sp³-hybridized carbons (Fsp3) is 0.321. The molecule has 45 heavy (non-hydrogen) atoms. The van der Waals surface area contributed by atoms with Crippen LogP contribution >= 0.6 is 0 Å². The topological polar surface area (TPSA) is 155 Å². The average Bonchev–Trinajstić information content (AvgIpc) is 3.45. The normalized spacial score (nSPS) is 16.2. The Balaban J connectivity index is 0.000000297. The summed E-state index contributed by atoms with van der Waals surface area (Å²) in [5.41, 5.74) is 7.55. The lowest BCUT2D eigenvalue weighted by Crippen LogP contribution is -2.58. The first-order valence-corrected chi connectivity index (χ1v) is 14.9. The number of sulfonamides is 1. The minimum Gasteiger partial charge on any atom is -0.480 e. The van der Waals surface area contributed by atoms with Gasteiger partial charge in [0.2, 0.25) is 16.0 Å². The molecule has 4 aromatic rings. The SMILES string of the molecule is CCC(F)(F)c1ccc(CN)cc1.O=C(O)[C@H]1CN(c2nc3ccncc3[nH]2)CCN1S(=O)(=O)c1ccc(OC(F)(F)F)cc1. The molecule has 1 fully saturated rings. The van der Waals surface area contributed by atoms with E-state index in [1.54, 1.807) is 35.5 Å². The second-order valence-electron chi connectivity index (χ2n) is 9.85. The van der Waals surface area contributed by atoms with E-state index in [-0.39, 0.29) is 36.5 Å². The number of hydrogen-bond acceptors (Lipinski definition) is 8. The number of aliphatic carboxylic acids is 1. The zero-order valence-electron chi connectivity index (χ0n) is 23.7. The number of carboxylic acid groups (broad SMARTS) is 1. The van der Waals surface area contributed by atoms with Gasteiger partial charge in [-0.05, 0) is 35.9 Å². The predicted molar refractivity (Wildman–Crippen MR) is 153 cm³/mol. The van der Waals surface area contributed by atoms with E-state index in [2.05, 4.69) is 19.7 Å². The van der Waals surface area contributed by atoms with Crippen molar-refractivity contribution in [3.63, 3.8) is 0 Å². The van der Waals surface area contributed by atoms with Gasteiger partial charge in [-0.3, -0.25) is 9.78 Å². The highest BCUT2D eigenvalue weighted by molar-refractivity contribution is 7.89. The molecule has 0 saturated carbocycles. The van der Waals surface area contributed by atoms with Crippen molar-refractivity contribution < 1.29 is 45.0 Å². The zero-order valence-corrected chi connectivity index (χ0v) is 24.5. The first-order valence-electron chi connectivity index (χ1n) is 13.5. The number of alkyl halides is 5. The number of aromatic amines is 1. The van der Waals surface area contributed by atoms with Crippen molar-refractivity contribution in [1.29, 1.82) is 0 Å². The number of nitrogens with two attached hydrogens (primary N) is 1. The molecule has 1 aliphatic rings. The maximum Gasteiger partial charge on any atom is 0.573 e. The summed E-state index contributed by atoms with van der Waals surface area (Å²) in [4.78, 5) is 24.5. The summed E-state index contributed by atoms with van der Waals surface area (Å²) in [5.74, 6) is -4.29. The van der Waals surface area contributed by atoms with Gasteiger partial charge < -0.3 is 25.5 Å². The van der Waals surface area contributed by atoms with Crippen LogP contribution in [0, 0.1) is 0 Å². The highest BCUT2D eigenvalue weighted by Crippen LogP contribution is 2.31. The molecule has 0 aliphatic carbocycles. The third-order valence-electron chi connectivity index (χ3n) is 6.91. The monoisotopic (exact) mass is 656 g/mol. The Morgan fingerprint density at radius 1 is 1.07 bits per heavy atom. The van der Waals surface area contributed by atoms with Gasteiger partial charge in [-0.25, -0.2) is 22.2 Å². The Kier molecular flexibility index (Phi) is 9.94. The van der Waals surface area contributed by atoms with Crippen LogP contribution in [-0.4, -0.2) is 70.8 Å². The minimum atomic E-state index is -4.92. The fourth-order valence-corrected chi connectivity index (χ4v) is 6.04. The van der Waals surface area contributed by atoms with Crippen molar-refractivity contribution in [2.75, 3.05) is 24.5 Å². The Labute approximate surface area is 254 Å². The number of nitrogens with one attached hydrogen (secondary N) is 1. The molecule has 2 aromatic heterocycles. The van der Waals surface area contributed by atoms with Crippen molar-refractivity contribution in [3.05, 3.63) is 78.1 Å². The molecular weight excluding hydrogens is 627 g/mol. The van der Waals surface area contributed by atoms with Crippen LogP contribution in [0.2, 0.25) is 0 Å². The molecule has 5 rings (SSSR count). The Morgan fingerprint density at radius 3 is 2.29 bits per heavy atom. The molecular formula is C28H29F5N6O5S. The van der Waals surface area contributed by atoms with Gasteiger partial charge in [-0.15, -0.1) is 13.2 Å². The molecule has 11 nitrogen and oxygen atoms in total. The summed E-state index contributed by atoms with van der Waals surface area (Å²) >= 11 is 0. The smallest absolute Gasteiger partial charge is 0.480 e. The third-order valence-corrected chi connectivity index (χ3v) is 8.83. The third kappa shape index (κ3) is 8.03. The Morgan fingerprint density at radius 2 is 1.73 bits per heavy atom. The Bertz CT molecular complexity index is 1680. The number of anilines is 1. The number of rotatable bonds is 8. The first kappa shape index (κ1) is 33.5. The molecule has 0 unspecified atom stereocenters. The molecule has 0 radical (unpaired) electrons. The van der Waals surface area contributed by atoms with Crippen molar-refractivity contribution >= 4 is 33.0 Å². The molecule has 4 N–H and O–H groups in total. The quantitative estimate of drug-likeness (QED) is 0.233. The van der Waals surface area contributed by atoms with Crippen LogP contribution in [0.4, 0.5) is 27.9 Å². The lowest BCUT2D eigenvalue weighted by atomic mass is 10.0. The standard InChI is InChI=1S/C18H16F3N5O5S.C10H13F2N/c19-18(20,21)31-11-1-3-12(4-2-11)32(29,30)26-8-7-25(10-15(26)16(27)28)17-23-13-5-6-22-9-14(13)24-17;1-2-10(11,12)9-5-3-8(7-13)4-6-9/h1-6,9,15H,7-8,10H2,(H,23,24)(H,27,28);3-6H,2,7,13H2,1H3/t15-;/m1./s1. The number of benzene rings is 2. The first-order chi connectivity index (χ1) is 21.1. The van der Waals surface area contributed by atoms with Crippen LogP contribution in [-0.2, 0) is 27.3 Å². The van der Waals surface area contributed by atoms with Gasteiger partial charge in [0.15, 0.2) is 0 Å². The number of fused-ring (bicyclic) bond motifs is 1. The van der Waals surface area contributed by atoms with E-state index in [1.807, 2.05) is 0 Å². The summed E-state index contributed by atoms with van der Waals surface area (Å²) in [6.45, 7) is 1.65. The van der Waals surface area contributed by atoms with Gasteiger partial charge in [0.1, 0.15) is 11.8 Å². The molecule has 1 saturated heterocycles. The zero-order chi connectivity index (χ0) is 33.0. The molecule has 242 valence electrons. The van der Waals surface area contributed by atoms with E-state index >= 15 is 0 Å². The summed E-state index contributed by atoms with van der Waals surface area (Å²) in [7, 11) is -4.30. The number of ether oxygens (including phenoxy) is 1. The lowest BCUT2D eigenvalue weighted by molar-refractivity contribution is -0.274. The maximum atomic E-state index is 13.1. The number of imidazole rings is 1. The minimum absolute atomic E-state index is 0.0622. The average molecular weight is 657 g/mol. The van der Waals surface area contributed by atoms with Crippen LogP contribution < -0.4 is 15.4 Å². The largest absolute Gasteiger partial charge is 0.573 e. The molecule has 1 aliphatic heterocycles. The number of aromatic nitrogens is 3. The summed E-state index contributed by atoms with van der Waals surface area (Å²) in [6.07, 6.45) is -1.97. The van der Waals surface area contributed by atoms with Gasteiger partial charge in [0.05, 0.1) is 22.1 Å². The second-order valence-corrected chi connectivity index (χ2v) is 11.7. The van der Waals surface area contributed by atoms with Crippen molar-refractivity contribution in [2.24, 2.45) is 5.73 Å². The van der Waals surface area contributed by atoms with Gasteiger partial charge in [0, 0.05) is 44.4 Å². The fourth-order valence-electron chi connectivity index (χ4n) is 4.48. The summed E-state index contributed by atoms with van der Waals surface area (Å²) in [5, 5.41) is 9.68. The number of nitrogens with zero attached hydrogens (tertiary/aromatic N) is 4. The van der Waals surface area contributed by atoms with Gasteiger partial charge in [-0.1, -0.05) is 31.2 Å². The highest BCUT2D eigenvalue weighted by Gasteiger charge is 2.41. The van der Waals surface area contributed by atoms with E-state index in [4.69, 9.17) is 5.73 Å². The van der Waals surface area contributed by atoms with Crippen LogP contribution in [0.25, 0.3) is 11.0 Å². The number of H-pyrrole nitrogens is 1. The molecule has 1 atom stereocenters. The Hall–Kier alpha value is -4.35. The van der Waals surface area contributed by atoms with Crippen LogP contribution in [0.5, 0.6) is 5.75 Å².